The Hall–Kier alpha value is -1.22. The third-order valence-electron chi connectivity index (χ3n) is 3.56. The molecule has 21 heavy (non-hydrogen) atoms. The highest BCUT2D eigenvalue weighted by molar-refractivity contribution is 8.15. The number of amidine groups is 1. The molecule has 1 aromatic rings. The number of nitrogens with two attached hydrogens (primary N) is 1. The number of thioether (sulfide) groups is 1. The summed E-state index contributed by atoms with van der Waals surface area (Å²) in [6.45, 7) is 0. The van der Waals surface area contributed by atoms with E-state index in [2.05, 4.69) is 0 Å². The van der Waals surface area contributed by atoms with Crippen molar-refractivity contribution in [1.82, 2.24) is 0 Å². The van der Waals surface area contributed by atoms with E-state index in [0.717, 1.165) is 12.1 Å². The minimum atomic E-state index is -4.45. The molecule has 3 rings (SSSR count). The van der Waals surface area contributed by atoms with Crippen LogP contribution in [-0.4, -0.2) is 41.0 Å². The Bertz CT molecular complexity index is 728. The van der Waals surface area contributed by atoms with Gasteiger partial charge in [0.2, 0.25) is 0 Å². The van der Waals surface area contributed by atoms with E-state index < -0.39 is 27.6 Å². The number of nitrogens with zero attached hydrogens (tertiary/aromatic N) is 1. The average Bonchev–Trinajstić information content (AvgIpc) is 2.78. The maximum atomic E-state index is 12.8. The van der Waals surface area contributed by atoms with E-state index in [1.165, 1.54) is 28.5 Å². The largest absolute Gasteiger partial charge is 0.416 e. The van der Waals surface area contributed by atoms with E-state index >= 15 is 0 Å². The van der Waals surface area contributed by atoms with Crippen LogP contribution in [0.25, 0.3) is 0 Å². The van der Waals surface area contributed by atoms with E-state index in [1.54, 1.807) is 0 Å². The van der Waals surface area contributed by atoms with E-state index in [-0.39, 0.29) is 22.4 Å². The molecule has 2 aliphatic rings. The van der Waals surface area contributed by atoms with E-state index in [0.29, 0.717) is 5.17 Å². The highest BCUT2D eigenvalue weighted by atomic mass is 32.2. The highest BCUT2D eigenvalue weighted by Crippen LogP contribution is 2.38. The lowest BCUT2D eigenvalue weighted by atomic mass is 10.1. The first-order valence-electron chi connectivity index (χ1n) is 6.13. The molecule has 0 spiro atoms. The fourth-order valence-corrected chi connectivity index (χ4v) is 6.49. The highest BCUT2D eigenvalue weighted by Gasteiger charge is 2.50. The molecular formula is C12H12F3N2O2S2+. The Labute approximate surface area is 123 Å². The Morgan fingerprint density at radius 1 is 1.29 bits per heavy atom. The second-order valence-corrected chi connectivity index (χ2v) is 8.47. The number of rotatable bonds is 1. The van der Waals surface area contributed by atoms with Gasteiger partial charge in [-0.3, -0.25) is 5.73 Å². The van der Waals surface area contributed by atoms with Gasteiger partial charge in [-0.1, -0.05) is 6.07 Å². The molecule has 2 N–H and O–H groups in total. The van der Waals surface area contributed by atoms with E-state index in [9.17, 15) is 21.6 Å². The quantitative estimate of drug-likeness (QED) is 0.791. The molecule has 2 atom stereocenters. The summed E-state index contributed by atoms with van der Waals surface area (Å²) in [5.41, 5.74) is 5.38. The van der Waals surface area contributed by atoms with Crippen LogP contribution in [0.15, 0.2) is 24.3 Å². The lowest BCUT2D eigenvalue weighted by Gasteiger charge is -2.13. The van der Waals surface area contributed by atoms with Crippen LogP contribution < -0.4 is 5.73 Å². The van der Waals surface area contributed by atoms with Crippen LogP contribution in [0.3, 0.4) is 0 Å². The summed E-state index contributed by atoms with van der Waals surface area (Å²) in [6, 6.07) is 4.39. The van der Waals surface area contributed by atoms with Crippen LogP contribution in [0.5, 0.6) is 0 Å². The number of hydrogen-bond acceptors (Lipinski definition) is 4. The number of alkyl halides is 3. The normalized spacial score (nSPS) is 28.0. The van der Waals surface area contributed by atoms with Crippen molar-refractivity contribution in [3.05, 3.63) is 29.8 Å². The number of benzene rings is 1. The van der Waals surface area contributed by atoms with Crippen LogP contribution in [0, 0.1) is 0 Å². The molecular weight excluding hydrogens is 325 g/mol. The molecule has 1 aromatic carbocycles. The second kappa shape index (κ2) is 4.64. The summed E-state index contributed by atoms with van der Waals surface area (Å²) in [5, 5.41) is 0.128. The molecule has 0 bridgehead atoms. The van der Waals surface area contributed by atoms with Gasteiger partial charge < -0.3 is 0 Å². The lowest BCUT2D eigenvalue weighted by molar-refractivity contribution is -0.470. The van der Waals surface area contributed by atoms with Crippen molar-refractivity contribution in [2.45, 2.75) is 17.5 Å². The van der Waals surface area contributed by atoms with Crippen molar-refractivity contribution < 1.29 is 26.2 Å². The van der Waals surface area contributed by atoms with Gasteiger partial charge in [0, 0.05) is 0 Å². The molecule has 0 aromatic heterocycles. The van der Waals surface area contributed by atoms with Gasteiger partial charge in [-0.25, -0.2) is 13.0 Å². The molecule has 4 nitrogen and oxygen atoms in total. The van der Waals surface area contributed by atoms with Crippen molar-refractivity contribution in [2.24, 2.45) is 5.73 Å². The first kappa shape index (κ1) is 14.7. The van der Waals surface area contributed by atoms with Gasteiger partial charge in [-0.05, 0) is 30.0 Å². The zero-order valence-electron chi connectivity index (χ0n) is 10.7. The molecule has 0 radical (unpaired) electrons. The Morgan fingerprint density at radius 2 is 2.00 bits per heavy atom. The van der Waals surface area contributed by atoms with Gasteiger partial charge in [0.05, 0.1) is 22.3 Å². The summed E-state index contributed by atoms with van der Waals surface area (Å²) in [7, 11) is -3.16. The topological polar surface area (TPSA) is 63.2 Å². The molecule has 2 heterocycles. The Balaban J connectivity index is 2.02. The smallest absolute Gasteiger partial charge is 0.281 e. The molecule has 2 aliphatic heterocycles. The number of sulfone groups is 1. The zero-order valence-corrected chi connectivity index (χ0v) is 12.3. The summed E-state index contributed by atoms with van der Waals surface area (Å²) in [5.74, 6) is -0.0693. The van der Waals surface area contributed by atoms with Gasteiger partial charge in [-0.15, -0.1) is 0 Å². The predicted octanol–water partition coefficient (Wildman–Crippen LogP) is 1.58. The molecule has 114 valence electrons. The van der Waals surface area contributed by atoms with Crippen molar-refractivity contribution in [2.75, 3.05) is 11.5 Å². The van der Waals surface area contributed by atoms with Gasteiger partial charge in [-0.2, -0.15) is 13.2 Å². The van der Waals surface area contributed by atoms with Crippen molar-refractivity contribution in [1.29, 1.82) is 0 Å². The first-order valence-corrected chi connectivity index (χ1v) is 8.83. The van der Waals surface area contributed by atoms with Crippen molar-refractivity contribution in [3.63, 3.8) is 0 Å². The maximum absolute atomic E-state index is 12.8. The minimum Gasteiger partial charge on any atom is -0.281 e. The molecule has 9 heteroatoms. The minimum absolute atomic E-state index is 0.0124. The SMILES string of the molecule is NC1=[N+](c2cccc(C(F)(F)F)c2)C2CS(=O)(=O)CC2S1. The Morgan fingerprint density at radius 3 is 2.67 bits per heavy atom. The Kier molecular flexibility index (Phi) is 3.25. The molecule has 0 saturated carbocycles. The average molecular weight is 337 g/mol. The van der Waals surface area contributed by atoms with Crippen LogP contribution in [0.2, 0.25) is 0 Å². The molecule has 1 saturated heterocycles. The van der Waals surface area contributed by atoms with Gasteiger partial charge in [0.15, 0.2) is 9.84 Å². The predicted molar refractivity (Wildman–Crippen MR) is 74.4 cm³/mol. The van der Waals surface area contributed by atoms with Crippen LogP contribution >= 0.6 is 11.8 Å². The van der Waals surface area contributed by atoms with E-state index in [4.69, 9.17) is 5.73 Å². The standard InChI is InChI=1S/C12H11F3N2O2S2/c13-12(14,15)7-2-1-3-8(4-7)17-9-5-21(18,19)6-10(9)20-11(17)16/h1-4,9-10,16H,5-6H2/p+1. The molecule has 1 fully saturated rings. The maximum Gasteiger partial charge on any atom is 0.416 e. The fourth-order valence-electron chi connectivity index (χ4n) is 2.68. The summed E-state index contributed by atoms with van der Waals surface area (Å²) < 4.78 is 63.2. The van der Waals surface area contributed by atoms with Crippen LogP contribution in [0.4, 0.5) is 18.9 Å². The van der Waals surface area contributed by atoms with Gasteiger partial charge in [0.25, 0.3) is 0 Å². The molecule has 2 unspecified atom stereocenters. The lowest BCUT2D eigenvalue weighted by Crippen LogP contribution is -2.29. The number of halogens is 3. The summed E-state index contributed by atoms with van der Waals surface area (Å²) in [4.78, 5) is 0. The summed E-state index contributed by atoms with van der Waals surface area (Å²) >= 11 is 1.21. The first-order chi connectivity index (χ1) is 9.67. The third-order valence-corrected chi connectivity index (χ3v) is 6.71. The summed E-state index contributed by atoms with van der Waals surface area (Å²) in [6.07, 6.45) is -4.45. The van der Waals surface area contributed by atoms with Gasteiger partial charge >= 0.3 is 11.3 Å². The van der Waals surface area contributed by atoms with Crippen LogP contribution in [-0.2, 0) is 16.0 Å². The van der Waals surface area contributed by atoms with Crippen molar-refractivity contribution in [3.8, 4) is 0 Å². The molecule has 0 amide bonds. The van der Waals surface area contributed by atoms with Crippen LogP contribution in [0.1, 0.15) is 5.56 Å². The third kappa shape index (κ3) is 2.64. The second-order valence-electron chi connectivity index (χ2n) is 5.06. The molecule has 0 aliphatic carbocycles. The van der Waals surface area contributed by atoms with Gasteiger partial charge in [0.1, 0.15) is 11.7 Å². The van der Waals surface area contributed by atoms with E-state index in [1.807, 2.05) is 0 Å². The number of hydrogen-bond donors (Lipinski definition) is 1. The number of fused-ring (bicyclic) bond motifs is 1. The zero-order chi connectivity index (χ0) is 15.4. The fraction of sp³-hybridized carbons (Fsp3) is 0.417. The van der Waals surface area contributed by atoms with Crippen molar-refractivity contribution >= 4 is 32.5 Å². The monoisotopic (exact) mass is 337 g/mol.